The minimum Gasteiger partial charge on any atom is -0.507 e. The van der Waals surface area contributed by atoms with Gasteiger partial charge >= 0.3 is 6.09 Å². The molecule has 3 heterocycles. The lowest BCUT2D eigenvalue weighted by molar-refractivity contribution is 0.0534. The lowest BCUT2D eigenvalue weighted by Gasteiger charge is -2.35. The van der Waals surface area contributed by atoms with Crippen molar-refractivity contribution < 1.29 is 25.2 Å². The molecule has 1 aromatic heterocycles. The summed E-state index contributed by atoms with van der Waals surface area (Å²) in [6.45, 7) is 3.00. The number of ether oxygens (including phenoxy) is 2. The number of amides is 1. The van der Waals surface area contributed by atoms with Crippen LogP contribution in [-0.2, 0) is 9.47 Å². The Balaban J connectivity index is 0.00000259. The van der Waals surface area contributed by atoms with Crippen molar-refractivity contribution in [2.75, 3.05) is 44.3 Å². The quantitative estimate of drug-likeness (QED) is 0.668. The van der Waals surface area contributed by atoms with Crippen molar-refractivity contribution in [3.63, 3.8) is 0 Å². The van der Waals surface area contributed by atoms with Crippen LogP contribution in [0.1, 0.15) is 7.85 Å². The predicted molar refractivity (Wildman–Crippen MR) is 118 cm³/mol. The van der Waals surface area contributed by atoms with Gasteiger partial charge in [0.1, 0.15) is 23.5 Å². The highest BCUT2D eigenvalue weighted by molar-refractivity contribution is 5.91. The SMILES string of the molecule is O=C(O[C@@H]1CCOC1)N1CCN(c2nc(-c3ccccc3O)nc3ccc(F)cc23)CC1.[HH]. The Morgan fingerprint density at radius 2 is 1.97 bits per heavy atom. The number of halogens is 1. The summed E-state index contributed by atoms with van der Waals surface area (Å²) in [4.78, 5) is 25.4. The minimum absolute atomic E-state index is 0. The van der Waals surface area contributed by atoms with Crippen molar-refractivity contribution in [1.82, 2.24) is 14.9 Å². The van der Waals surface area contributed by atoms with Crippen LogP contribution >= 0.6 is 0 Å². The van der Waals surface area contributed by atoms with Gasteiger partial charge in [-0.15, -0.1) is 0 Å². The third-order valence-corrected chi connectivity index (χ3v) is 5.78. The summed E-state index contributed by atoms with van der Waals surface area (Å²) in [6.07, 6.45) is 0.198. The number of carbonyl (C=O) groups excluding carboxylic acids is 1. The molecular formula is C23H25FN4O4. The molecule has 0 aliphatic carbocycles. The molecule has 1 N–H and O–H groups in total. The van der Waals surface area contributed by atoms with Crippen LogP contribution in [0, 0.1) is 5.82 Å². The number of phenolic OH excluding ortho intramolecular Hbond substituents is 1. The second kappa shape index (κ2) is 8.58. The van der Waals surface area contributed by atoms with E-state index in [1.54, 1.807) is 35.2 Å². The molecule has 2 saturated heterocycles. The van der Waals surface area contributed by atoms with Crippen LogP contribution in [0.5, 0.6) is 5.75 Å². The van der Waals surface area contributed by atoms with Crippen LogP contribution in [0.2, 0.25) is 0 Å². The van der Waals surface area contributed by atoms with E-state index < -0.39 is 0 Å². The molecular weight excluding hydrogens is 415 g/mol. The maximum atomic E-state index is 14.0. The van der Waals surface area contributed by atoms with Gasteiger partial charge in [-0.3, -0.25) is 0 Å². The number of aromatic nitrogens is 2. The van der Waals surface area contributed by atoms with Crippen molar-refractivity contribution in [2.24, 2.45) is 0 Å². The van der Waals surface area contributed by atoms with E-state index in [9.17, 15) is 14.3 Å². The zero-order chi connectivity index (χ0) is 22.1. The third kappa shape index (κ3) is 4.03. The first kappa shape index (κ1) is 20.4. The molecule has 3 aromatic rings. The molecule has 1 amide bonds. The summed E-state index contributed by atoms with van der Waals surface area (Å²) < 4.78 is 24.8. The molecule has 2 aliphatic heterocycles. The molecule has 0 bridgehead atoms. The van der Waals surface area contributed by atoms with Gasteiger partial charge < -0.3 is 24.4 Å². The van der Waals surface area contributed by atoms with Gasteiger partial charge in [-0.1, -0.05) is 12.1 Å². The second-order valence-corrected chi connectivity index (χ2v) is 7.89. The molecule has 2 aromatic carbocycles. The Labute approximate surface area is 185 Å². The number of nitrogens with zero attached hydrogens (tertiary/aromatic N) is 4. The fraction of sp³-hybridized carbons (Fsp3) is 0.348. The van der Waals surface area contributed by atoms with E-state index in [4.69, 9.17) is 9.47 Å². The normalized spacial score (nSPS) is 18.8. The van der Waals surface area contributed by atoms with E-state index in [1.165, 1.54) is 12.1 Å². The first-order valence-electron chi connectivity index (χ1n) is 10.6. The summed E-state index contributed by atoms with van der Waals surface area (Å²) in [5, 5.41) is 10.9. The van der Waals surface area contributed by atoms with Gasteiger partial charge in [0.25, 0.3) is 0 Å². The first-order valence-corrected chi connectivity index (χ1v) is 10.6. The smallest absolute Gasteiger partial charge is 0.410 e. The average molecular weight is 440 g/mol. The number of aromatic hydroxyl groups is 1. The molecule has 8 nitrogen and oxygen atoms in total. The van der Waals surface area contributed by atoms with Crippen LogP contribution in [0.4, 0.5) is 15.0 Å². The number of rotatable bonds is 3. The van der Waals surface area contributed by atoms with E-state index in [2.05, 4.69) is 9.97 Å². The number of hydrogen-bond donors (Lipinski definition) is 1. The lowest BCUT2D eigenvalue weighted by atomic mass is 10.1. The van der Waals surface area contributed by atoms with Crippen LogP contribution in [0.3, 0.4) is 0 Å². The topological polar surface area (TPSA) is 88.0 Å². The lowest BCUT2D eigenvalue weighted by Crippen LogP contribution is -2.49. The highest BCUT2D eigenvalue weighted by Gasteiger charge is 2.28. The van der Waals surface area contributed by atoms with Crippen molar-refractivity contribution in [3.05, 3.63) is 48.3 Å². The Morgan fingerprint density at radius 3 is 2.72 bits per heavy atom. The van der Waals surface area contributed by atoms with Gasteiger partial charge in [-0.25, -0.2) is 19.2 Å². The summed E-state index contributed by atoms with van der Waals surface area (Å²) in [7, 11) is 0. The molecule has 5 rings (SSSR count). The van der Waals surface area contributed by atoms with Gasteiger partial charge in [0.2, 0.25) is 0 Å². The first-order chi connectivity index (χ1) is 15.6. The number of hydrogen-bond acceptors (Lipinski definition) is 7. The van der Waals surface area contributed by atoms with Crippen molar-refractivity contribution >= 4 is 22.8 Å². The summed E-state index contributed by atoms with van der Waals surface area (Å²) in [5.41, 5.74) is 1.08. The zero-order valence-electron chi connectivity index (χ0n) is 17.4. The van der Waals surface area contributed by atoms with Crippen molar-refractivity contribution in [1.29, 1.82) is 0 Å². The Bertz CT molecular complexity index is 1150. The minimum atomic E-state index is -0.376. The van der Waals surface area contributed by atoms with Gasteiger partial charge in [0.05, 0.1) is 24.3 Å². The Morgan fingerprint density at radius 1 is 1.16 bits per heavy atom. The van der Waals surface area contributed by atoms with Gasteiger partial charge in [-0.2, -0.15) is 0 Å². The largest absolute Gasteiger partial charge is 0.507 e. The maximum Gasteiger partial charge on any atom is 0.410 e. The van der Waals surface area contributed by atoms with Crippen LogP contribution < -0.4 is 4.90 Å². The molecule has 2 fully saturated rings. The maximum absolute atomic E-state index is 14.0. The van der Waals surface area contributed by atoms with E-state index in [0.717, 1.165) is 6.42 Å². The number of benzene rings is 2. The van der Waals surface area contributed by atoms with Crippen molar-refractivity contribution in [3.8, 4) is 17.1 Å². The van der Waals surface area contributed by atoms with E-state index in [1.807, 2.05) is 4.90 Å². The number of piperazine rings is 1. The summed E-state index contributed by atoms with van der Waals surface area (Å²) in [5.74, 6) is 0.632. The second-order valence-electron chi connectivity index (χ2n) is 7.89. The number of anilines is 1. The molecule has 0 unspecified atom stereocenters. The third-order valence-electron chi connectivity index (χ3n) is 5.78. The fourth-order valence-corrected chi connectivity index (χ4v) is 4.03. The highest BCUT2D eigenvalue weighted by atomic mass is 19.1. The fourth-order valence-electron chi connectivity index (χ4n) is 4.03. The molecule has 9 heteroatoms. The molecule has 0 radical (unpaired) electrons. The standard InChI is InChI=1S/C23H23FN4O4.H2/c24-15-5-6-19-18(13-15)22(26-21(25-19)17-3-1-2-4-20(17)29)27-8-10-28(11-9-27)23(30)32-16-7-12-31-14-16;/h1-6,13,16,29H,7-12,14H2;1H/t16-;/m1./s1. The molecule has 2 aliphatic rings. The molecule has 32 heavy (non-hydrogen) atoms. The predicted octanol–water partition coefficient (Wildman–Crippen LogP) is 3.44. The van der Waals surface area contributed by atoms with Crippen LogP contribution in [0.25, 0.3) is 22.3 Å². The average Bonchev–Trinajstić information content (AvgIpc) is 3.32. The summed E-state index contributed by atoms with van der Waals surface area (Å²) >= 11 is 0. The number of carbonyl (C=O) groups is 1. The number of para-hydroxylation sites is 1. The number of phenols is 1. The molecule has 0 spiro atoms. The Kier molecular flexibility index (Phi) is 5.48. The van der Waals surface area contributed by atoms with E-state index in [0.29, 0.717) is 67.5 Å². The number of fused-ring (bicyclic) bond motifs is 1. The highest BCUT2D eigenvalue weighted by Crippen LogP contribution is 2.32. The molecule has 168 valence electrons. The Hall–Kier alpha value is -3.46. The van der Waals surface area contributed by atoms with Crippen LogP contribution in [0.15, 0.2) is 42.5 Å². The van der Waals surface area contributed by atoms with Gasteiger partial charge in [0.15, 0.2) is 5.82 Å². The monoisotopic (exact) mass is 440 g/mol. The van der Waals surface area contributed by atoms with Gasteiger partial charge in [-0.05, 0) is 30.3 Å². The van der Waals surface area contributed by atoms with E-state index in [-0.39, 0.29) is 25.2 Å². The van der Waals surface area contributed by atoms with Gasteiger partial charge in [0, 0.05) is 39.4 Å². The molecule has 0 saturated carbocycles. The summed E-state index contributed by atoms with van der Waals surface area (Å²) in [6, 6.07) is 11.2. The zero-order valence-corrected chi connectivity index (χ0v) is 17.4. The molecule has 1 atom stereocenters. The van der Waals surface area contributed by atoms with Crippen molar-refractivity contribution in [2.45, 2.75) is 12.5 Å². The van der Waals surface area contributed by atoms with E-state index >= 15 is 0 Å². The van der Waals surface area contributed by atoms with Crippen LogP contribution in [-0.4, -0.2) is 71.6 Å².